The van der Waals surface area contributed by atoms with Crippen molar-refractivity contribution in [1.82, 2.24) is 14.5 Å². The normalized spacial score (nSPS) is 12.5. The number of anilines is 1. The second kappa shape index (κ2) is 5.38. The van der Waals surface area contributed by atoms with Crippen LogP contribution in [0.25, 0.3) is 5.82 Å². The summed E-state index contributed by atoms with van der Waals surface area (Å²) in [6.07, 6.45) is -0.879. The van der Waals surface area contributed by atoms with E-state index in [0.717, 1.165) is 18.2 Å². The number of halogens is 3. The Balaban J connectivity index is 2.10. The quantitative estimate of drug-likeness (QED) is 0.934. The number of alkyl halides is 3. The van der Waals surface area contributed by atoms with E-state index in [0.29, 0.717) is 5.82 Å². The Kier molecular flexibility index (Phi) is 3.93. The van der Waals surface area contributed by atoms with E-state index in [1.807, 2.05) is 27.3 Å². The zero-order chi connectivity index (χ0) is 15.7. The summed E-state index contributed by atoms with van der Waals surface area (Å²) < 4.78 is 38.7. The SMILES string of the molecule is CC(C)(C)[CH]Nc1ccc(-n2cnc(C(F)(F)F)c2)nc1. The Hall–Kier alpha value is -2.05. The van der Waals surface area contributed by atoms with Crippen molar-refractivity contribution in [1.29, 1.82) is 0 Å². The highest BCUT2D eigenvalue weighted by molar-refractivity contribution is 5.45. The second-order valence-corrected chi connectivity index (χ2v) is 5.72. The molecule has 1 radical (unpaired) electrons. The molecule has 21 heavy (non-hydrogen) atoms. The number of imidazole rings is 1. The van der Waals surface area contributed by atoms with Crippen LogP contribution >= 0.6 is 0 Å². The van der Waals surface area contributed by atoms with Crippen molar-refractivity contribution in [2.75, 3.05) is 5.32 Å². The van der Waals surface area contributed by atoms with Gasteiger partial charge >= 0.3 is 6.18 Å². The van der Waals surface area contributed by atoms with Crippen molar-refractivity contribution in [3.8, 4) is 5.82 Å². The standard InChI is InChI=1S/C14H16F3N4/c1-13(2,3)8-19-10-4-5-12(18-6-10)21-7-11(20-9-21)14(15,16)17/h4-9,19H,1-3H3. The van der Waals surface area contributed by atoms with Crippen LogP contribution in [0.5, 0.6) is 0 Å². The largest absolute Gasteiger partial charge is 0.434 e. The van der Waals surface area contributed by atoms with Crippen LogP contribution in [0.15, 0.2) is 30.9 Å². The molecule has 1 N–H and O–H groups in total. The van der Waals surface area contributed by atoms with Crippen molar-refractivity contribution in [2.45, 2.75) is 26.9 Å². The molecule has 0 aliphatic carbocycles. The first-order valence-corrected chi connectivity index (χ1v) is 6.34. The molecule has 0 spiro atoms. The van der Waals surface area contributed by atoms with Gasteiger partial charge in [-0.25, -0.2) is 9.97 Å². The van der Waals surface area contributed by atoms with Crippen LogP contribution in [0.3, 0.4) is 0 Å². The molecule has 2 aromatic heterocycles. The Morgan fingerprint density at radius 2 is 1.86 bits per heavy atom. The molecule has 0 atom stereocenters. The first kappa shape index (κ1) is 15.3. The van der Waals surface area contributed by atoms with Crippen LogP contribution in [-0.2, 0) is 6.18 Å². The van der Waals surface area contributed by atoms with Gasteiger partial charge < -0.3 is 5.32 Å². The van der Waals surface area contributed by atoms with Crippen LogP contribution in [-0.4, -0.2) is 14.5 Å². The predicted molar refractivity (Wildman–Crippen MR) is 73.7 cm³/mol. The van der Waals surface area contributed by atoms with Gasteiger partial charge in [-0.05, 0) is 17.5 Å². The maximum atomic E-state index is 12.5. The van der Waals surface area contributed by atoms with E-state index >= 15 is 0 Å². The molecular weight excluding hydrogens is 281 g/mol. The van der Waals surface area contributed by atoms with Gasteiger partial charge in [-0.2, -0.15) is 13.2 Å². The van der Waals surface area contributed by atoms with Crippen LogP contribution in [0.1, 0.15) is 26.5 Å². The van der Waals surface area contributed by atoms with Gasteiger partial charge in [-0.3, -0.25) is 4.57 Å². The summed E-state index contributed by atoms with van der Waals surface area (Å²) in [5.41, 5.74) is -0.164. The Morgan fingerprint density at radius 3 is 2.33 bits per heavy atom. The minimum Gasteiger partial charge on any atom is -0.378 e. The molecule has 0 aliphatic rings. The smallest absolute Gasteiger partial charge is 0.378 e. The molecule has 7 heteroatoms. The summed E-state index contributed by atoms with van der Waals surface area (Å²) in [4.78, 5) is 7.45. The molecule has 0 aromatic carbocycles. The molecule has 0 amide bonds. The van der Waals surface area contributed by atoms with Crippen molar-refractivity contribution in [3.05, 3.63) is 43.1 Å². The second-order valence-electron chi connectivity index (χ2n) is 5.72. The molecule has 4 nitrogen and oxygen atoms in total. The van der Waals surface area contributed by atoms with Gasteiger partial charge in [0.05, 0.1) is 18.4 Å². The lowest BCUT2D eigenvalue weighted by Crippen LogP contribution is -2.12. The monoisotopic (exact) mass is 297 g/mol. The lowest BCUT2D eigenvalue weighted by atomic mass is 9.97. The summed E-state index contributed by atoms with van der Waals surface area (Å²) >= 11 is 0. The minimum atomic E-state index is -4.45. The third-order valence-electron chi connectivity index (χ3n) is 2.56. The summed E-state index contributed by atoms with van der Waals surface area (Å²) in [5.74, 6) is 0.374. The Bertz CT molecular complexity index is 594. The summed E-state index contributed by atoms with van der Waals surface area (Å²) in [6, 6.07) is 3.37. The van der Waals surface area contributed by atoms with E-state index < -0.39 is 11.9 Å². The summed E-state index contributed by atoms with van der Waals surface area (Å²) in [6.45, 7) is 8.06. The van der Waals surface area contributed by atoms with E-state index in [9.17, 15) is 13.2 Å². The molecule has 0 fully saturated rings. The fourth-order valence-corrected chi connectivity index (χ4v) is 1.52. The van der Waals surface area contributed by atoms with Crippen LogP contribution in [0.2, 0.25) is 0 Å². The van der Waals surface area contributed by atoms with Crippen LogP contribution in [0, 0.1) is 12.0 Å². The average molecular weight is 297 g/mol. The number of aromatic nitrogens is 3. The minimum absolute atomic E-state index is 0.00459. The molecule has 0 unspecified atom stereocenters. The summed E-state index contributed by atoms with van der Waals surface area (Å²) in [7, 11) is 0. The van der Waals surface area contributed by atoms with Gasteiger partial charge in [0.25, 0.3) is 0 Å². The number of nitrogens with zero attached hydrogens (tertiary/aromatic N) is 3. The first-order valence-electron chi connectivity index (χ1n) is 6.34. The van der Waals surface area contributed by atoms with E-state index in [1.165, 1.54) is 4.57 Å². The van der Waals surface area contributed by atoms with Crippen molar-refractivity contribution in [3.63, 3.8) is 0 Å². The molecule has 0 saturated carbocycles. The third-order valence-corrected chi connectivity index (χ3v) is 2.56. The molecule has 2 rings (SSSR count). The first-order chi connectivity index (χ1) is 9.65. The molecule has 0 saturated heterocycles. The van der Waals surface area contributed by atoms with Crippen molar-refractivity contribution >= 4 is 5.69 Å². The van der Waals surface area contributed by atoms with Gasteiger partial charge in [0.15, 0.2) is 5.69 Å². The van der Waals surface area contributed by atoms with Gasteiger partial charge in [-0.15, -0.1) is 0 Å². The highest BCUT2D eigenvalue weighted by atomic mass is 19.4. The van der Waals surface area contributed by atoms with E-state index in [4.69, 9.17) is 0 Å². The lowest BCUT2D eigenvalue weighted by Gasteiger charge is -2.18. The van der Waals surface area contributed by atoms with Gasteiger partial charge in [-0.1, -0.05) is 20.8 Å². The fourth-order valence-electron chi connectivity index (χ4n) is 1.52. The van der Waals surface area contributed by atoms with E-state index in [2.05, 4.69) is 15.3 Å². The van der Waals surface area contributed by atoms with Gasteiger partial charge in [0.2, 0.25) is 0 Å². The lowest BCUT2D eigenvalue weighted by molar-refractivity contribution is -0.140. The molecule has 2 heterocycles. The highest BCUT2D eigenvalue weighted by Crippen LogP contribution is 2.28. The van der Waals surface area contributed by atoms with Crippen LogP contribution < -0.4 is 5.32 Å². The Labute approximate surface area is 121 Å². The Morgan fingerprint density at radius 1 is 1.14 bits per heavy atom. The van der Waals surface area contributed by atoms with Gasteiger partial charge in [0, 0.05) is 6.20 Å². The van der Waals surface area contributed by atoms with Crippen LogP contribution in [0.4, 0.5) is 18.9 Å². The molecule has 113 valence electrons. The predicted octanol–water partition coefficient (Wildman–Crippen LogP) is 3.91. The number of rotatable bonds is 3. The average Bonchev–Trinajstić information content (AvgIpc) is 2.85. The maximum absolute atomic E-state index is 12.5. The summed E-state index contributed by atoms with van der Waals surface area (Å²) in [5, 5.41) is 3.10. The number of pyridine rings is 1. The van der Waals surface area contributed by atoms with E-state index in [1.54, 1.807) is 18.3 Å². The zero-order valence-electron chi connectivity index (χ0n) is 11.9. The topological polar surface area (TPSA) is 42.7 Å². The fraction of sp³-hybridized carbons (Fsp3) is 0.357. The number of hydrogen-bond donors (Lipinski definition) is 1. The zero-order valence-corrected chi connectivity index (χ0v) is 11.9. The molecule has 0 aliphatic heterocycles. The molecule has 0 bridgehead atoms. The van der Waals surface area contributed by atoms with Crippen molar-refractivity contribution < 1.29 is 13.2 Å². The highest BCUT2D eigenvalue weighted by Gasteiger charge is 2.33. The van der Waals surface area contributed by atoms with Gasteiger partial charge in [0.1, 0.15) is 12.1 Å². The molecular formula is C14H16F3N4. The number of nitrogens with one attached hydrogen (secondary N) is 1. The molecule has 2 aromatic rings. The van der Waals surface area contributed by atoms with Crippen molar-refractivity contribution in [2.24, 2.45) is 5.41 Å². The van der Waals surface area contributed by atoms with E-state index in [-0.39, 0.29) is 5.41 Å². The third kappa shape index (κ3) is 4.21. The number of hydrogen-bond acceptors (Lipinski definition) is 3. The maximum Gasteiger partial charge on any atom is 0.434 e.